The number of hydrogen-bond acceptors (Lipinski definition) is 2. The molecule has 0 bridgehead atoms. The van der Waals surface area contributed by atoms with Gasteiger partial charge < -0.3 is 14.8 Å². The fourth-order valence-corrected chi connectivity index (χ4v) is 1.95. The summed E-state index contributed by atoms with van der Waals surface area (Å²) in [6, 6.07) is 7.12. The zero-order chi connectivity index (χ0) is 12.4. The summed E-state index contributed by atoms with van der Waals surface area (Å²) in [5, 5.41) is 19.3. The summed E-state index contributed by atoms with van der Waals surface area (Å²) in [5.74, 6) is -0.924. The van der Waals surface area contributed by atoms with E-state index < -0.39 is 5.97 Å². The van der Waals surface area contributed by atoms with E-state index in [0.717, 1.165) is 10.9 Å². The van der Waals surface area contributed by atoms with Crippen LogP contribution in [-0.2, 0) is 6.54 Å². The summed E-state index contributed by atoms with van der Waals surface area (Å²) in [6.07, 6.45) is 2.08. The van der Waals surface area contributed by atoms with Gasteiger partial charge >= 0.3 is 5.97 Å². The van der Waals surface area contributed by atoms with Crippen molar-refractivity contribution >= 4 is 16.9 Å². The second kappa shape index (κ2) is 4.59. The van der Waals surface area contributed by atoms with Gasteiger partial charge in [-0.05, 0) is 25.5 Å². The summed E-state index contributed by atoms with van der Waals surface area (Å²) < 4.78 is 1.88. The summed E-state index contributed by atoms with van der Waals surface area (Å²) >= 11 is 0. The van der Waals surface area contributed by atoms with Crippen LogP contribution in [0.1, 0.15) is 23.7 Å². The highest BCUT2D eigenvalue weighted by atomic mass is 16.4. The Bertz CT molecular complexity index is 543. The normalized spacial score (nSPS) is 12.8. The molecule has 2 N–H and O–H groups in total. The molecule has 0 amide bonds. The first kappa shape index (κ1) is 11.7. The number of carboxylic acid groups (broad SMARTS) is 1. The van der Waals surface area contributed by atoms with Gasteiger partial charge in [0.25, 0.3) is 0 Å². The van der Waals surface area contributed by atoms with E-state index in [1.165, 1.54) is 0 Å². The van der Waals surface area contributed by atoms with Crippen LogP contribution in [0.25, 0.3) is 10.9 Å². The lowest BCUT2D eigenvalue weighted by atomic mass is 10.1. The van der Waals surface area contributed by atoms with Crippen molar-refractivity contribution in [3.63, 3.8) is 0 Å². The fourth-order valence-electron chi connectivity index (χ4n) is 1.95. The van der Waals surface area contributed by atoms with E-state index in [1.807, 2.05) is 22.9 Å². The number of para-hydroxylation sites is 1. The van der Waals surface area contributed by atoms with Crippen LogP contribution in [0.2, 0.25) is 0 Å². The smallest absolute Gasteiger partial charge is 0.337 e. The quantitative estimate of drug-likeness (QED) is 0.850. The first-order chi connectivity index (χ1) is 8.09. The lowest BCUT2D eigenvalue weighted by molar-refractivity contribution is 0.0698. The van der Waals surface area contributed by atoms with Crippen molar-refractivity contribution in [2.75, 3.05) is 0 Å². The van der Waals surface area contributed by atoms with Crippen molar-refractivity contribution in [1.29, 1.82) is 0 Å². The van der Waals surface area contributed by atoms with Gasteiger partial charge in [0.2, 0.25) is 0 Å². The highest BCUT2D eigenvalue weighted by Crippen LogP contribution is 2.21. The van der Waals surface area contributed by atoms with Crippen molar-refractivity contribution in [3.8, 4) is 0 Å². The molecular formula is C13H15NO3. The molecule has 0 saturated heterocycles. The molecule has 1 atom stereocenters. The molecule has 0 saturated carbocycles. The molecule has 0 radical (unpaired) electrons. The van der Waals surface area contributed by atoms with Crippen molar-refractivity contribution < 1.29 is 15.0 Å². The van der Waals surface area contributed by atoms with E-state index in [9.17, 15) is 9.90 Å². The van der Waals surface area contributed by atoms with Gasteiger partial charge in [0, 0.05) is 18.1 Å². The standard InChI is InChI=1S/C13H15NO3/c1-9(15)5-7-14-8-6-10-3-2-4-11(12(10)14)13(16)17/h2-4,6,8-9,15H,5,7H2,1H3,(H,16,17). The molecule has 1 heterocycles. The van der Waals surface area contributed by atoms with Gasteiger partial charge in [0.1, 0.15) is 0 Å². The summed E-state index contributed by atoms with van der Waals surface area (Å²) in [5.41, 5.74) is 1.03. The molecular weight excluding hydrogens is 218 g/mol. The predicted molar refractivity (Wildman–Crippen MR) is 65.2 cm³/mol. The van der Waals surface area contributed by atoms with Gasteiger partial charge in [0.15, 0.2) is 0 Å². The molecule has 17 heavy (non-hydrogen) atoms. The SMILES string of the molecule is CC(O)CCn1ccc2cccc(C(=O)O)c21. The third kappa shape index (κ3) is 2.31. The number of aromatic nitrogens is 1. The molecule has 0 aliphatic carbocycles. The molecule has 1 aromatic heterocycles. The first-order valence-electron chi connectivity index (χ1n) is 5.59. The molecule has 0 spiro atoms. The minimum atomic E-state index is -0.924. The zero-order valence-corrected chi connectivity index (χ0v) is 9.63. The molecule has 4 nitrogen and oxygen atoms in total. The molecule has 0 aliphatic heterocycles. The average Bonchev–Trinajstić information content (AvgIpc) is 2.69. The van der Waals surface area contributed by atoms with Crippen LogP contribution in [0.5, 0.6) is 0 Å². The van der Waals surface area contributed by atoms with Crippen molar-refractivity contribution in [2.45, 2.75) is 26.0 Å². The highest BCUT2D eigenvalue weighted by molar-refractivity contribution is 6.02. The first-order valence-corrected chi connectivity index (χ1v) is 5.59. The van der Waals surface area contributed by atoms with Crippen LogP contribution in [-0.4, -0.2) is 26.9 Å². The van der Waals surface area contributed by atoms with Crippen molar-refractivity contribution in [2.24, 2.45) is 0 Å². The van der Waals surface area contributed by atoms with Crippen molar-refractivity contribution in [1.82, 2.24) is 4.57 Å². The minimum absolute atomic E-state index is 0.304. The molecule has 90 valence electrons. The lowest BCUT2D eigenvalue weighted by Gasteiger charge is -2.09. The van der Waals surface area contributed by atoms with E-state index in [2.05, 4.69) is 0 Å². The Balaban J connectivity index is 2.46. The number of aryl methyl sites for hydroxylation is 1. The minimum Gasteiger partial charge on any atom is -0.478 e. The van der Waals surface area contributed by atoms with Crippen LogP contribution in [0.3, 0.4) is 0 Å². The third-order valence-electron chi connectivity index (χ3n) is 2.81. The second-order valence-electron chi connectivity index (χ2n) is 4.20. The van der Waals surface area contributed by atoms with Crippen molar-refractivity contribution in [3.05, 3.63) is 36.0 Å². The van der Waals surface area contributed by atoms with Gasteiger partial charge in [-0.3, -0.25) is 0 Å². The lowest BCUT2D eigenvalue weighted by Crippen LogP contribution is -2.08. The Morgan fingerprint density at radius 3 is 2.82 bits per heavy atom. The monoisotopic (exact) mass is 233 g/mol. The molecule has 1 aromatic carbocycles. The topological polar surface area (TPSA) is 62.5 Å². The molecule has 0 fully saturated rings. The Morgan fingerprint density at radius 2 is 2.18 bits per heavy atom. The summed E-state index contributed by atoms with van der Waals surface area (Å²) in [4.78, 5) is 11.1. The van der Waals surface area contributed by atoms with Crippen LogP contribution in [0.15, 0.2) is 30.5 Å². The fraction of sp³-hybridized carbons (Fsp3) is 0.308. The Hall–Kier alpha value is -1.81. The van der Waals surface area contributed by atoms with E-state index in [-0.39, 0.29) is 6.10 Å². The molecule has 1 unspecified atom stereocenters. The van der Waals surface area contributed by atoms with Gasteiger partial charge in [-0.25, -0.2) is 4.79 Å². The number of benzene rings is 1. The van der Waals surface area contributed by atoms with E-state index in [1.54, 1.807) is 19.1 Å². The number of carbonyl (C=O) groups is 1. The van der Waals surface area contributed by atoms with E-state index in [0.29, 0.717) is 18.5 Å². The molecule has 2 aromatic rings. The largest absolute Gasteiger partial charge is 0.478 e. The number of aromatic carboxylic acids is 1. The van der Waals surface area contributed by atoms with Crippen LogP contribution >= 0.6 is 0 Å². The maximum atomic E-state index is 11.1. The Kier molecular flexibility index (Phi) is 3.15. The zero-order valence-electron chi connectivity index (χ0n) is 9.63. The van der Waals surface area contributed by atoms with Gasteiger partial charge in [-0.15, -0.1) is 0 Å². The van der Waals surface area contributed by atoms with Gasteiger partial charge in [-0.1, -0.05) is 12.1 Å². The highest BCUT2D eigenvalue weighted by Gasteiger charge is 2.12. The Labute approximate surface area is 99.1 Å². The number of fused-ring (bicyclic) bond motifs is 1. The third-order valence-corrected chi connectivity index (χ3v) is 2.81. The summed E-state index contributed by atoms with van der Waals surface area (Å²) in [6.45, 7) is 2.34. The van der Waals surface area contributed by atoms with Crippen LogP contribution < -0.4 is 0 Å². The van der Waals surface area contributed by atoms with Crippen LogP contribution in [0.4, 0.5) is 0 Å². The number of carboxylic acids is 1. The maximum absolute atomic E-state index is 11.1. The Morgan fingerprint density at radius 1 is 1.41 bits per heavy atom. The average molecular weight is 233 g/mol. The number of aliphatic hydroxyl groups excluding tert-OH is 1. The van der Waals surface area contributed by atoms with Crippen LogP contribution in [0, 0.1) is 0 Å². The number of hydrogen-bond donors (Lipinski definition) is 2. The van der Waals surface area contributed by atoms with E-state index >= 15 is 0 Å². The molecule has 0 aliphatic rings. The van der Waals surface area contributed by atoms with Gasteiger partial charge in [-0.2, -0.15) is 0 Å². The number of nitrogens with zero attached hydrogens (tertiary/aromatic N) is 1. The number of aliphatic hydroxyl groups is 1. The molecule has 2 rings (SSSR count). The van der Waals surface area contributed by atoms with Gasteiger partial charge in [0.05, 0.1) is 17.2 Å². The summed E-state index contributed by atoms with van der Waals surface area (Å²) in [7, 11) is 0. The number of rotatable bonds is 4. The molecule has 4 heteroatoms. The maximum Gasteiger partial charge on any atom is 0.337 e. The van der Waals surface area contributed by atoms with E-state index in [4.69, 9.17) is 5.11 Å². The predicted octanol–water partition coefficient (Wildman–Crippen LogP) is 2.11. The second-order valence-corrected chi connectivity index (χ2v) is 4.20.